The topological polar surface area (TPSA) is 101 Å². The van der Waals surface area contributed by atoms with Gasteiger partial charge in [0, 0.05) is 39.9 Å². The van der Waals surface area contributed by atoms with Crippen LogP contribution in [0.25, 0.3) is 22.0 Å². The van der Waals surface area contributed by atoms with E-state index < -0.39 is 33.1 Å². The number of H-pyrrole nitrogens is 1. The molecule has 0 fully saturated rings. The summed E-state index contributed by atoms with van der Waals surface area (Å²) in [4.78, 5) is 28.5. The number of amides is 1. The van der Waals surface area contributed by atoms with Gasteiger partial charge in [-0.2, -0.15) is 0 Å². The molecule has 176 valence electrons. The predicted octanol–water partition coefficient (Wildman–Crippen LogP) is 3.57. The number of carbonyl (C=O) groups is 1. The van der Waals surface area contributed by atoms with Gasteiger partial charge in [-0.1, -0.05) is 19.1 Å². The fraction of sp³-hybridized carbons (Fsp3) is 0.167. The van der Waals surface area contributed by atoms with Gasteiger partial charge in [-0.3, -0.25) is 9.59 Å². The summed E-state index contributed by atoms with van der Waals surface area (Å²) in [6.45, 7) is 1.74. The first-order chi connectivity index (χ1) is 16.1. The minimum atomic E-state index is -3.96. The van der Waals surface area contributed by atoms with E-state index in [0.717, 1.165) is 24.0 Å². The molecular formula is C24H21F2N3O4S. The molecule has 2 aromatic carbocycles. The second-order valence-corrected chi connectivity index (χ2v) is 9.62. The highest BCUT2D eigenvalue weighted by molar-refractivity contribution is 7.89. The molecule has 34 heavy (non-hydrogen) atoms. The molecule has 4 rings (SSSR count). The molecule has 7 nitrogen and oxygen atoms in total. The van der Waals surface area contributed by atoms with Gasteiger partial charge in [0.2, 0.25) is 10.0 Å². The highest BCUT2D eigenvalue weighted by atomic mass is 32.2. The van der Waals surface area contributed by atoms with Crippen LogP contribution in [0.4, 0.5) is 8.78 Å². The average molecular weight is 486 g/mol. The van der Waals surface area contributed by atoms with Crippen LogP contribution >= 0.6 is 0 Å². The van der Waals surface area contributed by atoms with Crippen LogP contribution in [0.15, 0.2) is 59.5 Å². The SMILES string of the molecule is CCc1ccc2c(c1)c(-c1ccc[nH]c1=O)c(C(=O)NS(C)(=O)=O)n2Cc1ccc(F)cc1F. The Morgan fingerprint density at radius 3 is 2.53 bits per heavy atom. The second kappa shape index (κ2) is 8.86. The summed E-state index contributed by atoms with van der Waals surface area (Å²) in [6, 6.07) is 11.6. The Hall–Kier alpha value is -3.79. The largest absolute Gasteiger partial charge is 0.331 e. The van der Waals surface area contributed by atoms with Crippen LogP contribution in [-0.4, -0.2) is 30.1 Å². The standard InChI is InChI=1S/C24H21F2N3O4S/c1-3-14-6-9-20-18(11-14)21(17-5-4-10-27-23(17)30)22(24(31)28-34(2,32)33)29(20)13-15-7-8-16(25)12-19(15)26/h4-12H,3,13H2,1-2H3,(H,27,30)(H,28,31). The van der Waals surface area contributed by atoms with Crippen molar-refractivity contribution in [2.45, 2.75) is 19.9 Å². The number of pyridine rings is 1. The Kier molecular flexibility index (Phi) is 6.09. The van der Waals surface area contributed by atoms with Crippen molar-refractivity contribution in [3.8, 4) is 11.1 Å². The first-order valence-electron chi connectivity index (χ1n) is 10.4. The van der Waals surface area contributed by atoms with E-state index in [1.807, 2.05) is 23.8 Å². The molecule has 0 radical (unpaired) electrons. The summed E-state index contributed by atoms with van der Waals surface area (Å²) < 4.78 is 55.2. The Morgan fingerprint density at radius 1 is 1.12 bits per heavy atom. The molecule has 0 aliphatic heterocycles. The molecule has 0 spiro atoms. The maximum Gasteiger partial charge on any atom is 0.282 e. The summed E-state index contributed by atoms with van der Waals surface area (Å²) in [5.41, 5.74) is 1.24. The van der Waals surface area contributed by atoms with E-state index in [1.165, 1.54) is 22.9 Å². The number of sulfonamides is 1. The number of aromatic amines is 1. The highest BCUT2D eigenvalue weighted by Crippen LogP contribution is 2.35. The molecule has 1 amide bonds. The first-order valence-corrected chi connectivity index (χ1v) is 12.3. The summed E-state index contributed by atoms with van der Waals surface area (Å²) in [5.74, 6) is -2.55. The lowest BCUT2D eigenvalue weighted by Crippen LogP contribution is -2.32. The zero-order valence-electron chi connectivity index (χ0n) is 18.4. The lowest BCUT2D eigenvalue weighted by atomic mass is 10.0. The first kappa shape index (κ1) is 23.4. The monoisotopic (exact) mass is 485 g/mol. The summed E-state index contributed by atoms with van der Waals surface area (Å²) in [6.07, 6.45) is 2.94. The molecule has 0 aliphatic carbocycles. The fourth-order valence-corrected chi connectivity index (χ4v) is 4.38. The van der Waals surface area contributed by atoms with Crippen molar-refractivity contribution in [3.63, 3.8) is 0 Å². The lowest BCUT2D eigenvalue weighted by molar-refractivity contribution is 0.0974. The summed E-state index contributed by atoms with van der Waals surface area (Å²) in [5, 5.41) is 0.525. The van der Waals surface area contributed by atoms with Crippen LogP contribution in [0.3, 0.4) is 0 Å². The highest BCUT2D eigenvalue weighted by Gasteiger charge is 2.27. The number of halogens is 2. The Labute approximate surface area is 194 Å². The predicted molar refractivity (Wildman–Crippen MR) is 125 cm³/mol. The van der Waals surface area contributed by atoms with E-state index in [-0.39, 0.29) is 28.9 Å². The van der Waals surface area contributed by atoms with E-state index in [4.69, 9.17) is 0 Å². The van der Waals surface area contributed by atoms with E-state index in [0.29, 0.717) is 17.3 Å². The molecule has 0 saturated carbocycles. The van der Waals surface area contributed by atoms with Gasteiger partial charge in [-0.05, 0) is 42.3 Å². The van der Waals surface area contributed by atoms with E-state index in [2.05, 4.69) is 4.98 Å². The van der Waals surface area contributed by atoms with E-state index in [9.17, 15) is 26.8 Å². The van der Waals surface area contributed by atoms with Gasteiger partial charge in [0.25, 0.3) is 11.5 Å². The smallest absolute Gasteiger partial charge is 0.282 e. The van der Waals surface area contributed by atoms with Crippen LogP contribution in [-0.2, 0) is 23.0 Å². The van der Waals surface area contributed by atoms with Gasteiger partial charge < -0.3 is 9.55 Å². The third-order valence-corrected chi connectivity index (χ3v) is 6.02. The number of benzene rings is 2. The van der Waals surface area contributed by atoms with Crippen LogP contribution in [0.1, 0.15) is 28.5 Å². The van der Waals surface area contributed by atoms with Gasteiger partial charge in [0.1, 0.15) is 17.3 Å². The van der Waals surface area contributed by atoms with Crippen molar-refractivity contribution in [1.82, 2.24) is 14.3 Å². The number of rotatable bonds is 6. The number of nitrogens with one attached hydrogen (secondary N) is 2. The van der Waals surface area contributed by atoms with Gasteiger partial charge in [0.15, 0.2) is 0 Å². The van der Waals surface area contributed by atoms with Crippen LogP contribution in [0.5, 0.6) is 0 Å². The third kappa shape index (κ3) is 4.49. The quantitative estimate of drug-likeness (QED) is 0.436. The minimum absolute atomic E-state index is 0.0831. The maximum atomic E-state index is 14.5. The number of hydrogen-bond acceptors (Lipinski definition) is 4. The van der Waals surface area contributed by atoms with Gasteiger partial charge in [0.05, 0.1) is 12.8 Å². The molecule has 0 saturated heterocycles. The molecule has 2 aromatic heterocycles. The van der Waals surface area contributed by atoms with E-state index >= 15 is 0 Å². The van der Waals surface area contributed by atoms with Crippen molar-refractivity contribution in [2.24, 2.45) is 0 Å². The minimum Gasteiger partial charge on any atom is -0.331 e. The van der Waals surface area contributed by atoms with E-state index in [1.54, 1.807) is 12.1 Å². The van der Waals surface area contributed by atoms with Gasteiger partial charge >= 0.3 is 0 Å². The lowest BCUT2D eigenvalue weighted by Gasteiger charge is -2.13. The van der Waals surface area contributed by atoms with Crippen LogP contribution < -0.4 is 10.3 Å². The van der Waals surface area contributed by atoms with Gasteiger partial charge in [-0.15, -0.1) is 0 Å². The van der Waals surface area contributed by atoms with Gasteiger partial charge in [-0.25, -0.2) is 21.9 Å². The number of aryl methyl sites for hydroxylation is 1. The fourth-order valence-electron chi connectivity index (χ4n) is 3.95. The van der Waals surface area contributed by atoms with Crippen molar-refractivity contribution in [2.75, 3.05) is 6.26 Å². The molecule has 10 heteroatoms. The Balaban J connectivity index is 2.10. The molecule has 0 aliphatic rings. The maximum absolute atomic E-state index is 14.5. The molecule has 4 aromatic rings. The number of carbonyl (C=O) groups excluding carboxylic acids is 1. The Bertz CT molecular complexity index is 1590. The Morgan fingerprint density at radius 2 is 1.88 bits per heavy atom. The van der Waals surface area contributed by atoms with Crippen molar-refractivity contribution in [3.05, 3.63) is 93.5 Å². The molecule has 0 unspecified atom stereocenters. The molecule has 2 N–H and O–H groups in total. The molecule has 0 bridgehead atoms. The third-order valence-electron chi connectivity index (χ3n) is 5.46. The van der Waals surface area contributed by atoms with Crippen LogP contribution in [0.2, 0.25) is 0 Å². The number of nitrogens with zero attached hydrogens (tertiary/aromatic N) is 1. The zero-order chi connectivity index (χ0) is 24.6. The van der Waals surface area contributed by atoms with Crippen molar-refractivity contribution < 1.29 is 22.0 Å². The molecule has 2 heterocycles. The molecule has 0 atom stereocenters. The van der Waals surface area contributed by atoms with Crippen molar-refractivity contribution in [1.29, 1.82) is 0 Å². The number of hydrogen-bond donors (Lipinski definition) is 2. The second-order valence-electron chi connectivity index (χ2n) is 7.87. The molecular weight excluding hydrogens is 464 g/mol. The summed E-state index contributed by atoms with van der Waals surface area (Å²) in [7, 11) is -3.96. The van der Waals surface area contributed by atoms with Crippen molar-refractivity contribution >= 4 is 26.8 Å². The van der Waals surface area contributed by atoms with Crippen LogP contribution in [0, 0.1) is 11.6 Å². The normalized spacial score (nSPS) is 11.6. The average Bonchev–Trinajstić information content (AvgIpc) is 3.08. The number of fused-ring (bicyclic) bond motifs is 1. The zero-order valence-corrected chi connectivity index (χ0v) is 19.2. The summed E-state index contributed by atoms with van der Waals surface area (Å²) >= 11 is 0. The number of aromatic nitrogens is 2.